The van der Waals surface area contributed by atoms with Crippen molar-refractivity contribution in [1.82, 2.24) is 10.5 Å². The smallest absolute Gasteiger partial charge is 0.247 e. The topological polar surface area (TPSA) is 84.2 Å². The largest absolute Gasteiger partial charge is 0.360 e. The van der Waals surface area contributed by atoms with Crippen LogP contribution in [0.1, 0.15) is 18.2 Å². The molecule has 2 rings (SSSR count). The van der Waals surface area contributed by atoms with E-state index >= 15 is 0 Å². The molecule has 110 valence electrons. The Morgan fingerprint density at radius 2 is 2.00 bits per heavy atom. The maximum Gasteiger partial charge on any atom is 0.247 e. The molecule has 1 heterocycles. The first-order chi connectivity index (χ1) is 10.0. The summed E-state index contributed by atoms with van der Waals surface area (Å²) in [6.07, 6.45) is 0.238. The molecule has 6 heteroatoms. The Balaban J connectivity index is 1.84. The van der Waals surface area contributed by atoms with Crippen molar-refractivity contribution >= 4 is 17.6 Å². The van der Waals surface area contributed by atoms with Crippen molar-refractivity contribution in [2.45, 2.75) is 26.3 Å². The number of hydrogen-bond acceptors (Lipinski definition) is 4. The fourth-order valence-electron chi connectivity index (χ4n) is 1.80. The highest BCUT2D eigenvalue weighted by atomic mass is 16.5. The van der Waals surface area contributed by atoms with Crippen LogP contribution in [0.4, 0.5) is 5.82 Å². The summed E-state index contributed by atoms with van der Waals surface area (Å²) in [5.41, 5.74) is 0.898. The molecule has 0 radical (unpaired) electrons. The number of carbonyl (C=O) groups is 2. The van der Waals surface area contributed by atoms with Crippen LogP contribution in [-0.2, 0) is 16.0 Å². The first-order valence-corrected chi connectivity index (χ1v) is 6.62. The second kappa shape index (κ2) is 6.69. The van der Waals surface area contributed by atoms with Gasteiger partial charge in [0.2, 0.25) is 11.8 Å². The third-order valence-corrected chi connectivity index (χ3v) is 2.86. The van der Waals surface area contributed by atoms with Crippen LogP contribution in [0.2, 0.25) is 0 Å². The summed E-state index contributed by atoms with van der Waals surface area (Å²) in [4.78, 5) is 23.8. The average Bonchev–Trinajstić information content (AvgIpc) is 2.85. The molecule has 0 aliphatic heterocycles. The Morgan fingerprint density at radius 3 is 2.62 bits per heavy atom. The van der Waals surface area contributed by atoms with E-state index < -0.39 is 6.04 Å². The first-order valence-electron chi connectivity index (χ1n) is 6.62. The van der Waals surface area contributed by atoms with Crippen LogP contribution in [-0.4, -0.2) is 23.0 Å². The number of aryl methyl sites for hydroxylation is 1. The third kappa shape index (κ3) is 4.45. The molecular weight excluding hydrogens is 270 g/mol. The Labute approximate surface area is 122 Å². The maximum atomic E-state index is 11.9. The fourth-order valence-corrected chi connectivity index (χ4v) is 1.80. The Bertz CT molecular complexity index is 622. The standard InChI is InChI=1S/C15H17N3O3/c1-10-8-13(18-21-10)17-15(20)11(2)16-14(19)9-12-6-4-3-5-7-12/h3-8,11H,9H2,1-2H3,(H,16,19)(H,17,18,20)/t11-/m1/s1. The molecule has 1 aromatic heterocycles. The van der Waals surface area contributed by atoms with Crippen molar-refractivity contribution in [3.05, 3.63) is 47.7 Å². The highest BCUT2D eigenvalue weighted by Crippen LogP contribution is 2.07. The molecule has 0 unspecified atom stereocenters. The number of aromatic nitrogens is 1. The summed E-state index contributed by atoms with van der Waals surface area (Å²) in [7, 11) is 0. The lowest BCUT2D eigenvalue weighted by Gasteiger charge is -2.12. The minimum absolute atomic E-state index is 0.208. The number of nitrogens with zero attached hydrogens (tertiary/aromatic N) is 1. The van der Waals surface area contributed by atoms with Gasteiger partial charge in [0.1, 0.15) is 11.8 Å². The lowest BCUT2D eigenvalue weighted by atomic mass is 10.1. The van der Waals surface area contributed by atoms with E-state index in [4.69, 9.17) is 4.52 Å². The SMILES string of the molecule is Cc1cc(NC(=O)[C@@H](C)NC(=O)Cc2ccccc2)no1. The van der Waals surface area contributed by atoms with Crippen LogP contribution < -0.4 is 10.6 Å². The maximum absolute atomic E-state index is 11.9. The number of hydrogen-bond donors (Lipinski definition) is 2. The van der Waals surface area contributed by atoms with Gasteiger partial charge in [0.05, 0.1) is 6.42 Å². The molecule has 0 spiro atoms. The van der Waals surface area contributed by atoms with Crippen molar-refractivity contribution in [3.63, 3.8) is 0 Å². The molecule has 2 aromatic rings. The van der Waals surface area contributed by atoms with E-state index in [1.807, 2.05) is 30.3 Å². The molecule has 0 bridgehead atoms. The fraction of sp³-hybridized carbons (Fsp3) is 0.267. The quantitative estimate of drug-likeness (QED) is 0.876. The minimum Gasteiger partial charge on any atom is -0.360 e. The molecule has 1 aromatic carbocycles. The molecule has 2 N–H and O–H groups in total. The van der Waals surface area contributed by atoms with Gasteiger partial charge in [-0.1, -0.05) is 35.5 Å². The second-order valence-electron chi connectivity index (χ2n) is 4.76. The van der Waals surface area contributed by atoms with Gasteiger partial charge in [-0.15, -0.1) is 0 Å². The lowest BCUT2D eigenvalue weighted by Crippen LogP contribution is -2.42. The summed E-state index contributed by atoms with van der Waals surface area (Å²) >= 11 is 0. The van der Waals surface area contributed by atoms with E-state index in [9.17, 15) is 9.59 Å². The lowest BCUT2D eigenvalue weighted by molar-refractivity contribution is -0.125. The van der Waals surface area contributed by atoms with Gasteiger partial charge in [0.15, 0.2) is 5.82 Å². The number of nitrogens with one attached hydrogen (secondary N) is 2. The highest BCUT2D eigenvalue weighted by molar-refractivity contribution is 5.96. The number of benzene rings is 1. The van der Waals surface area contributed by atoms with Crippen LogP contribution in [0.3, 0.4) is 0 Å². The number of anilines is 1. The van der Waals surface area contributed by atoms with Crippen molar-refractivity contribution in [2.75, 3.05) is 5.32 Å². The molecule has 6 nitrogen and oxygen atoms in total. The predicted octanol–water partition coefficient (Wildman–Crippen LogP) is 1.67. The van der Waals surface area contributed by atoms with E-state index in [1.165, 1.54) is 0 Å². The van der Waals surface area contributed by atoms with E-state index in [0.717, 1.165) is 5.56 Å². The van der Waals surface area contributed by atoms with Crippen molar-refractivity contribution in [1.29, 1.82) is 0 Å². The number of rotatable bonds is 5. The van der Waals surface area contributed by atoms with Crippen LogP contribution in [0.25, 0.3) is 0 Å². The third-order valence-electron chi connectivity index (χ3n) is 2.86. The van der Waals surface area contributed by atoms with Gasteiger partial charge in [-0.05, 0) is 19.4 Å². The van der Waals surface area contributed by atoms with E-state index in [1.54, 1.807) is 19.9 Å². The summed E-state index contributed by atoms with van der Waals surface area (Å²) in [5, 5.41) is 8.88. The van der Waals surface area contributed by atoms with Gasteiger partial charge in [0, 0.05) is 6.07 Å². The molecule has 0 aliphatic carbocycles. The van der Waals surface area contributed by atoms with Crippen LogP contribution in [0, 0.1) is 6.92 Å². The van der Waals surface area contributed by atoms with Crippen molar-refractivity contribution in [2.24, 2.45) is 0 Å². The Kier molecular flexibility index (Phi) is 4.71. The highest BCUT2D eigenvalue weighted by Gasteiger charge is 2.17. The molecule has 0 fully saturated rings. The van der Waals surface area contributed by atoms with Crippen LogP contribution in [0.5, 0.6) is 0 Å². The summed E-state index contributed by atoms with van der Waals surface area (Å²) in [5.74, 6) is 0.387. The Hall–Kier alpha value is -2.63. The normalized spacial score (nSPS) is 11.7. The molecule has 0 saturated carbocycles. The zero-order chi connectivity index (χ0) is 15.2. The van der Waals surface area contributed by atoms with Gasteiger partial charge in [0.25, 0.3) is 0 Å². The zero-order valence-corrected chi connectivity index (χ0v) is 11.9. The second-order valence-corrected chi connectivity index (χ2v) is 4.76. The van der Waals surface area contributed by atoms with Crippen molar-refractivity contribution < 1.29 is 14.1 Å². The number of amides is 2. The molecule has 21 heavy (non-hydrogen) atoms. The zero-order valence-electron chi connectivity index (χ0n) is 11.9. The van der Waals surface area contributed by atoms with Crippen LogP contribution in [0.15, 0.2) is 40.9 Å². The molecule has 0 saturated heterocycles. The molecule has 2 amide bonds. The minimum atomic E-state index is -0.654. The van der Waals surface area contributed by atoms with Crippen LogP contribution >= 0.6 is 0 Å². The van der Waals surface area contributed by atoms with E-state index in [0.29, 0.717) is 11.6 Å². The Morgan fingerprint density at radius 1 is 1.29 bits per heavy atom. The summed E-state index contributed by atoms with van der Waals surface area (Å²) in [6, 6.07) is 10.3. The van der Waals surface area contributed by atoms with Crippen molar-refractivity contribution in [3.8, 4) is 0 Å². The monoisotopic (exact) mass is 287 g/mol. The molecule has 0 aliphatic rings. The summed E-state index contributed by atoms with van der Waals surface area (Å²) in [6.45, 7) is 3.35. The predicted molar refractivity (Wildman–Crippen MR) is 77.6 cm³/mol. The molecular formula is C15H17N3O3. The van der Waals surface area contributed by atoms with Gasteiger partial charge >= 0.3 is 0 Å². The van der Waals surface area contributed by atoms with Gasteiger partial charge in [-0.2, -0.15) is 0 Å². The number of carbonyl (C=O) groups excluding carboxylic acids is 2. The first kappa shape index (κ1) is 14.8. The van der Waals surface area contributed by atoms with E-state index in [2.05, 4.69) is 15.8 Å². The van der Waals surface area contributed by atoms with Gasteiger partial charge < -0.3 is 15.2 Å². The molecule has 1 atom stereocenters. The van der Waals surface area contributed by atoms with E-state index in [-0.39, 0.29) is 18.2 Å². The van der Waals surface area contributed by atoms with Gasteiger partial charge in [-0.25, -0.2) is 0 Å². The average molecular weight is 287 g/mol. The van der Waals surface area contributed by atoms with Gasteiger partial charge in [-0.3, -0.25) is 9.59 Å². The summed E-state index contributed by atoms with van der Waals surface area (Å²) < 4.78 is 4.85.